The zero-order valence-electron chi connectivity index (χ0n) is 11.1. The highest BCUT2D eigenvalue weighted by molar-refractivity contribution is 5.76. The van der Waals surface area contributed by atoms with Crippen LogP contribution in [0.2, 0.25) is 0 Å². The molecule has 0 aromatic heterocycles. The lowest BCUT2D eigenvalue weighted by Crippen LogP contribution is -2.28. The van der Waals surface area contributed by atoms with Gasteiger partial charge in [-0.15, -0.1) is 0 Å². The van der Waals surface area contributed by atoms with Gasteiger partial charge in [0.15, 0.2) is 11.5 Å². The maximum absolute atomic E-state index is 11.7. The molecule has 5 nitrogen and oxygen atoms in total. The summed E-state index contributed by atoms with van der Waals surface area (Å²) in [5.41, 5.74) is 6.28. The molecule has 0 aliphatic rings. The maximum atomic E-state index is 11.7. The third-order valence-electron chi connectivity index (χ3n) is 2.68. The molecule has 0 aliphatic carbocycles. The van der Waals surface area contributed by atoms with Crippen molar-refractivity contribution >= 4 is 5.91 Å². The van der Waals surface area contributed by atoms with Crippen LogP contribution < -0.4 is 15.2 Å². The number of para-hydroxylation sites is 1. The molecule has 0 saturated carbocycles. The van der Waals surface area contributed by atoms with Gasteiger partial charge in [0.1, 0.15) is 0 Å². The molecule has 0 heterocycles. The Bertz CT molecular complexity index is 407. The van der Waals surface area contributed by atoms with Crippen molar-refractivity contribution in [3.05, 3.63) is 23.8 Å². The van der Waals surface area contributed by atoms with Crippen molar-refractivity contribution in [1.29, 1.82) is 0 Å². The summed E-state index contributed by atoms with van der Waals surface area (Å²) in [4.78, 5) is 13.3. The van der Waals surface area contributed by atoms with Crippen molar-refractivity contribution in [2.75, 3.05) is 27.8 Å². The number of rotatable bonds is 6. The number of benzene rings is 1. The van der Waals surface area contributed by atoms with E-state index in [1.54, 1.807) is 26.2 Å². The van der Waals surface area contributed by atoms with E-state index in [0.717, 1.165) is 5.56 Å². The molecule has 5 heteroatoms. The predicted octanol–water partition coefficient (Wildman–Crippen LogP) is 1.01. The van der Waals surface area contributed by atoms with Crippen LogP contribution in [0.5, 0.6) is 11.5 Å². The van der Waals surface area contributed by atoms with Crippen molar-refractivity contribution in [1.82, 2.24) is 4.90 Å². The van der Waals surface area contributed by atoms with Gasteiger partial charge in [0.25, 0.3) is 0 Å². The SMILES string of the molecule is COc1cccc(CN(C)C(=O)CCN)c1OC. The second-order valence-corrected chi connectivity index (χ2v) is 3.94. The van der Waals surface area contributed by atoms with Gasteiger partial charge in [-0.25, -0.2) is 0 Å². The molecule has 0 unspecified atom stereocenters. The van der Waals surface area contributed by atoms with Crippen LogP contribution in [0.3, 0.4) is 0 Å². The second-order valence-electron chi connectivity index (χ2n) is 3.94. The fraction of sp³-hybridized carbons (Fsp3) is 0.462. The fourth-order valence-electron chi connectivity index (χ4n) is 1.74. The minimum Gasteiger partial charge on any atom is -0.493 e. The minimum atomic E-state index is 0.0161. The van der Waals surface area contributed by atoms with Gasteiger partial charge in [-0.1, -0.05) is 12.1 Å². The lowest BCUT2D eigenvalue weighted by atomic mass is 10.1. The van der Waals surface area contributed by atoms with Crippen LogP contribution in [-0.4, -0.2) is 38.6 Å². The Hall–Kier alpha value is -1.75. The monoisotopic (exact) mass is 252 g/mol. The molecule has 1 rings (SSSR count). The molecule has 0 bridgehead atoms. The largest absolute Gasteiger partial charge is 0.493 e. The number of hydrogen-bond acceptors (Lipinski definition) is 4. The van der Waals surface area contributed by atoms with E-state index < -0.39 is 0 Å². The van der Waals surface area contributed by atoms with E-state index in [4.69, 9.17) is 15.2 Å². The average molecular weight is 252 g/mol. The van der Waals surface area contributed by atoms with E-state index in [1.165, 1.54) is 0 Å². The van der Waals surface area contributed by atoms with E-state index in [0.29, 0.717) is 31.0 Å². The zero-order chi connectivity index (χ0) is 13.5. The Morgan fingerprint density at radius 3 is 2.61 bits per heavy atom. The van der Waals surface area contributed by atoms with Crippen LogP contribution >= 0.6 is 0 Å². The van der Waals surface area contributed by atoms with E-state index in [1.807, 2.05) is 18.2 Å². The lowest BCUT2D eigenvalue weighted by molar-refractivity contribution is -0.130. The van der Waals surface area contributed by atoms with Crippen molar-refractivity contribution < 1.29 is 14.3 Å². The number of ether oxygens (including phenoxy) is 2. The van der Waals surface area contributed by atoms with Crippen molar-refractivity contribution in [3.63, 3.8) is 0 Å². The summed E-state index contributed by atoms with van der Waals surface area (Å²) in [6.07, 6.45) is 0.350. The van der Waals surface area contributed by atoms with Crippen LogP contribution in [0.15, 0.2) is 18.2 Å². The minimum absolute atomic E-state index is 0.0161. The van der Waals surface area contributed by atoms with Gasteiger partial charge in [0.2, 0.25) is 5.91 Å². The van der Waals surface area contributed by atoms with Crippen molar-refractivity contribution in [2.24, 2.45) is 5.73 Å². The molecular formula is C13H20N2O3. The number of methoxy groups -OCH3 is 2. The zero-order valence-corrected chi connectivity index (χ0v) is 11.1. The lowest BCUT2D eigenvalue weighted by Gasteiger charge is -2.19. The highest BCUT2D eigenvalue weighted by Gasteiger charge is 2.14. The van der Waals surface area contributed by atoms with Gasteiger partial charge in [0, 0.05) is 32.1 Å². The summed E-state index contributed by atoms with van der Waals surface area (Å²) >= 11 is 0. The Kier molecular flexibility index (Phi) is 5.45. The van der Waals surface area contributed by atoms with Gasteiger partial charge >= 0.3 is 0 Å². The van der Waals surface area contributed by atoms with E-state index in [-0.39, 0.29) is 5.91 Å². The molecule has 0 fully saturated rings. The summed E-state index contributed by atoms with van der Waals surface area (Å²) in [5, 5.41) is 0. The van der Waals surface area contributed by atoms with Crippen LogP contribution in [-0.2, 0) is 11.3 Å². The number of hydrogen-bond donors (Lipinski definition) is 1. The van der Waals surface area contributed by atoms with Crippen LogP contribution in [0.1, 0.15) is 12.0 Å². The second kappa shape index (κ2) is 6.86. The van der Waals surface area contributed by atoms with Gasteiger partial charge in [-0.3, -0.25) is 4.79 Å². The molecule has 0 atom stereocenters. The Morgan fingerprint density at radius 2 is 2.06 bits per heavy atom. The summed E-state index contributed by atoms with van der Waals surface area (Å²) in [6, 6.07) is 5.61. The molecule has 18 heavy (non-hydrogen) atoms. The molecule has 100 valence electrons. The first-order chi connectivity index (χ1) is 8.63. The van der Waals surface area contributed by atoms with E-state index in [9.17, 15) is 4.79 Å². The smallest absolute Gasteiger partial charge is 0.223 e. The molecule has 0 aliphatic heterocycles. The number of nitrogens with zero attached hydrogens (tertiary/aromatic N) is 1. The highest BCUT2D eigenvalue weighted by Crippen LogP contribution is 2.31. The first-order valence-corrected chi connectivity index (χ1v) is 5.78. The highest BCUT2D eigenvalue weighted by atomic mass is 16.5. The van der Waals surface area contributed by atoms with Crippen molar-refractivity contribution in [3.8, 4) is 11.5 Å². The Morgan fingerprint density at radius 1 is 1.33 bits per heavy atom. The summed E-state index contributed by atoms with van der Waals surface area (Å²) in [6.45, 7) is 0.831. The normalized spacial score (nSPS) is 10.0. The number of amides is 1. The van der Waals surface area contributed by atoms with E-state index in [2.05, 4.69) is 0 Å². The van der Waals surface area contributed by atoms with Crippen LogP contribution in [0.25, 0.3) is 0 Å². The summed E-state index contributed by atoms with van der Waals surface area (Å²) in [7, 11) is 4.92. The maximum Gasteiger partial charge on any atom is 0.223 e. The average Bonchev–Trinajstić information content (AvgIpc) is 2.38. The van der Waals surface area contributed by atoms with Crippen LogP contribution in [0, 0.1) is 0 Å². The molecule has 1 amide bonds. The fourth-order valence-corrected chi connectivity index (χ4v) is 1.74. The van der Waals surface area contributed by atoms with E-state index >= 15 is 0 Å². The molecule has 2 N–H and O–H groups in total. The molecule has 0 radical (unpaired) electrons. The molecule has 0 saturated heterocycles. The predicted molar refractivity (Wildman–Crippen MR) is 69.7 cm³/mol. The first kappa shape index (κ1) is 14.3. The molecular weight excluding hydrogens is 232 g/mol. The topological polar surface area (TPSA) is 64.8 Å². The van der Waals surface area contributed by atoms with Crippen LogP contribution in [0.4, 0.5) is 0 Å². The first-order valence-electron chi connectivity index (χ1n) is 5.78. The van der Waals surface area contributed by atoms with Gasteiger partial charge in [0.05, 0.1) is 14.2 Å². The number of carbonyl (C=O) groups excluding carboxylic acids is 1. The van der Waals surface area contributed by atoms with Gasteiger partial charge in [-0.05, 0) is 6.07 Å². The summed E-state index contributed by atoms with van der Waals surface area (Å²) < 4.78 is 10.5. The number of carbonyl (C=O) groups is 1. The quantitative estimate of drug-likeness (QED) is 0.820. The number of nitrogens with two attached hydrogens (primary N) is 1. The standard InChI is InChI=1S/C13H20N2O3/c1-15(12(16)7-8-14)9-10-5-4-6-11(17-2)13(10)18-3/h4-6H,7-9,14H2,1-3H3. The molecule has 1 aromatic carbocycles. The molecule has 0 spiro atoms. The third-order valence-corrected chi connectivity index (χ3v) is 2.68. The molecule has 1 aromatic rings. The third kappa shape index (κ3) is 3.37. The summed E-state index contributed by atoms with van der Waals surface area (Å²) in [5.74, 6) is 1.34. The Balaban J connectivity index is 2.87. The Labute approximate surface area is 107 Å². The van der Waals surface area contributed by atoms with Crippen molar-refractivity contribution in [2.45, 2.75) is 13.0 Å². The van der Waals surface area contributed by atoms with Gasteiger partial charge < -0.3 is 20.1 Å². The van der Waals surface area contributed by atoms with Gasteiger partial charge in [-0.2, -0.15) is 0 Å².